The van der Waals surface area contributed by atoms with Crippen LogP contribution in [0.25, 0.3) is 0 Å². The lowest BCUT2D eigenvalue weighted by Crippen LogP contribution is -2.43. The van der Waals surface area contributed by atoms with Gasteiger partial charge in [-0.15, -0.1) is 0 Å². The number of carbonyl (C=O) groups is 1. The van der Waals surface area contributed by atoms with Crippen molar-refractivity contribution in [1.29, 1.82) is 0 Å². The maximum atomic E-state index is 11.1. The summed E-state index contributed by atoms with van der Waals surface area (Å²) in [5.41, 5.74) is 0.429. The summed E-state index contributed by atoms with van der Waals surface area (Å²) in [5, 5.41) is 0. The molecule has 0 spiro atoms. The normalized spacial score (nSPS) is 44.0. The maximum Gasteiger partial charge on any atom is 0.302 e. The average Bonchev–Trinajstić information content (AvgIpc) is 2.49. The third-order valence-electron chi connectivity index (χ3n) is 4.42. The number of esters is 1. The molecule has 0 N–H and O–H groups in total. The van der Waals surface area contributed by atoms with E-state index in [4.69, 9.17) is 4.74 Å². The number of hydrogen-bond acceptors (Lipinski definition) is 2. The van der Waals surface area contributed by atoms with Gasteiger partial charge in [-0.05, 0) is 25.2 Å². The third kappa shape index (κ3) is 1.19. The highest BCUT2D eigenvalue weighted by atomic mass is 16.5. The molecule has 2 bridgehead atoms. The van der Waals surface area contributed by atoms with Crippen LogP contribution in [-0.2, 0) is 9.53 Å². The van der Waals surface area contributed by atoms with Crippen LogP contribution in [0.2, 0.25) is 0 Å². The van der Waals surface area contributed by atoms with Crippen molar-refractivity contribution < 1.29 is 9.53 Å². The standard InChI is InChI=1S/C12H20O2/c1-8(13)14-10-11(2,3)9-5-6-12(10,4)7-9/h9-10H,5-7H2,1-4H3/t9-,10+,12+/m0/s1. The van der Waals surface area contributed by atoms with Crippen LogP contribution in [0.4, 0.5) is 0 Å². The Morgan fingerprint density at radius 1 is 1.36 bits per heavy atom. The minimum absolute atomic E-state index is 0.128. The number of fused-ring (bicyclic) bond motifs is 2. The van der Waals surface area contributed by atoms with E-state index in [9.17, 15) is 4.79 Å². The monoisotopic (exact) mass is 196 g/mol. The molecule has 2 rings (SSSR count). The van der Waals surface area contributed by atoms with E-state index in [2.05, 4.69) is 20.8 Å². The number of hydrogen-bond donors (Lipinski definition) is 0. The Hall–Kier alpha value is -0.530. The fourth-order valence-corrected chi connectivity index (χ4v) is 3.72. The van der Waals surface area contributed by atoms with E-state index < -0.39 is 0 Å². The zero-order chi connectivity index (χ0) is 10.6. The van der Waals surface area contributed by atoms with Gasteiger partial charge in [0, 0.05) is 17.8 Å². The molecule has 2 fully saturated rings. The van der Waals surface area contributed by atoms with Gasteiger partial charge in [0.25, 0.3) is 0 Å². The number of ether oxygens (including phenoxy) is 1. The van der Waals surface area contributed by atoms with Crippen LogP contribution in [0.1, 0.15) is 47.0 Å². The zero-order valence-corrected chi connectivity index (χ0v) is 9.59. The van der Waals surface area contributed by atoms with E-state index in [0.29, 0.717) is 0 Å². The minimum atomic E-state index is -0.128. The van der Waals surface area contributed by atoms with E-state index in [-0.39, 0.29) is 22.9 Å². The Morgan fingerprint density at radius 2 is 2.00 bits per heavy atom. The lowest BCUT2D eigenvalue weighted by molar-refractivity contribution is -0.161. The fourth-order valence-electron chi connectivity index (χ4n) is 3.72. The quantitative estimate of drug-likeness (QED) is 0.603. The molecule has 0 saturated heterocycles. The van der Waals surface area contributed by atoms with Gasteiger partial charge in [0.1, 0.15) is 6.10 Å². The zero-order valence-electron chi connectivity index (χ0n) is 9.59. The Bertz CT molecular complexity index is 265. The van der Waals surface area contributed by atoms with E-state index in [1.165, 1.54) is 26.2 Å². The van der Waals surface area contributed by atoms with Crippen molar-refractivity contribution in [1.82, 2.24) is 0 Å². The van der Waals surface area contributed by atoms with E-state index in [1.807, 2.05) is 0 Å². The van der Waals surface area contributed by atoms with Crippen LogP contribution in [0, 0.1) is 16.7 Å². The van der Waals surface area contributed by atoms with Crippen molar-refractivity contribution in [2.45, 2.75) is 53.1 Å². The Kier molecular flexibility index (Phi) is 1.96. The van der Waals surface area contributed by atoms with Crippen LogP contribution < -0.4 is 0 Å². The third-order valence-corrected chi connectivity index (χ3v) is 4.42. The molecular weight excluding hydrogens is 176 g/mol. The smallest absolute Gasteiger partial charge is 0.302 e. The predicted molar refractivity (Wildman–Crippen MR) is 54.8 cm³/mol. The first kappa shape index (κ1) is 10.0. The van der Waals surface area contributed by atoms with Gasteiger partial charge in [-0.2, -0.15) is 0 Å². The molecular formula is C12H20O2. The topological polar surface area (TPSA) is 26.3 Å². The molecule has 2 aliphatic rings. The SMILES string of the molecule is CC(=O)O[C@@H]1C(C)(C)[C@H]2CC[C@]1(C)C2. The summed E-state index contributed by atoms with van der Waals surface area (Å²) in [7, 11) is 0. The lowest BCUT2D eigenvalue weighted by atomic mass is 9.70. The molecule has 0 radical (unpaired) electrons. The van der Waals surface area contributed by atoms with Crippen LogP contribution in [0.15, 0.2) is 0 Å². The van der Waals surface area contributed by atoms with E-state index in [0.717, 1.165) is 5.92 Å². The molecule has 0 amide bonds. The summed E-state index contributed by atoms with van der Waals surface area (Å²) in [6.45, 7) is 8.28. The summed E-state index contributed by atoms with van der Waals surface area (Å²) in [6, 6.07) is 0. The molecule has 0 aromatic rings. The van der Waals surface area contributed by atoms with Crippen molar-refractivity contribution >= 4 is 5.97 Å². The Balaban J connectivity index is 2.25. The van der Waals surface area contributed by atoms with Gasteiger partial charge in [-0.25, -0.2) is 0 Å². The molecule has 2 aliphatic carbocycles. The van der Waals surface area contributed by atoms with Gasteiger partial charge < -0.3 is 4.74 Å². The van der Waals surface area contributed by atoms with Crippen LogP contribution in [0.3, 0.4) is 0 Å². The molecule has 0 aromatic carbocycles. The van der Waals surface area contributed by atoms with Crippen molar-refractivity contribution in [3.8, 4) is 0 Å². The molecule has 14 heavy (non-hydrogen) atoms. The molecule has 0 aliphatic heterocycles. The van der Waals surface area contributed by atoms with Crippen molar-refractivity contribution in [2.24, 2.45) is 16.7 Å². The molecule has 0 heterocycles. The first-order valence-electron chi connectivity index (χ1n) is 5.53. The average molecular weight is 196 g/mol. The highest BCUT2D eigenvalue weighted by Gasteiger charge is 2.61. The maximum absolute atomic E-state index is 11.1. The predicted octanol–water partition coefficient (Wildman–Crippen LogP) is 2.76. The molecule has 0 unspecified atom stereocenters. The Labute approximate surface area is 86.0 Å². The summed E-state index contributed by atoms with van der Waals surface area (Å²) >= 11 is 0. The van der Waals surface area contributed by atoms with Gasteiger partial charge in [0.2, 0.25) is 0 Å². The molecule has 2 nitrogen and oxygen atoms in total. The largest absolute Gasteiger partial charge is 0.461 e. The van der Waals surface area contributed by atoms with Crippen LogP contribution in [-0.4, -0.2) is 12.1 Å². The van der Waals surface area contributed by atoms with Crippen LogP contribution >= 0.6 is 0 Å². The highest BCUT2D eigenvalue weighted by molar-refractivity contribution is 5.66. The second-order valence-electron chi connectivity index (χ2n) is 5.90. The molecule has 80 valence electrons. The van der Waals surface area contributed by atoms with E-state index >= 15 is 0 Å². The van der Waals surface area contributed by atoms with Gasteiger partial charge in [0.05, 0.1) is 0 Å². The van der Waals surface area contributed by atoms with Crippen LogP contribution in [0.5, 0.6) is 0 Å². The summed E-state index contributed by atoms with van der Waals surface area (Å²) < 4.78 is 5.52. The first-order valence-corrected chi connectivity index (χ1v) is 5.53. The summed E-state index contributed by atoms with van der Waals surface area (Å²) in [6.07, 6.45) is 3.89. The van der Waals surface area contributed by atoms with Crippen molar-refractivity contribution in [2.75, 3.05) is 0 Å². The first-order chi connectivity index (χ1) is 6.36. The molecule has 2 heteroatoms. The fraction of sp³-hybridized carbons (Fsp3) is 0.917. The van der Waals surface area contributed by atoms with Crippen molar-refractivity contribution in [3.63, 3.8) is 0 Å². The number of rotatable bonds is 1. The molecule has 0 aromatic heterocycles. The minimum Gasteiger partial charge on any atom is -0.461 e. The second-order valence-corrected chi connectivity index (χ2v) is 5.90. The Morgan fingerprint density at radius 3 is 2.43 bits per heavy atom. The van der Waals surface area contributed by atoms with Gasteiger partial charge >= 0.3 is 5.97 Å². The van der Waals surface area contributed by atoms with Gasteiger partial charge in [-0.3, -0.25) is 4.79 Å². The summed E-state index contributed by atoms with van der Waals surface area (Å²) in [4.78, 5) is 11.1. The van der Waals surface area contributed by atoms with Gasteiger partial charge in [0.15, 0.2) is 0 Å². The lowest BCUT2D eigenvalue weighted by Gasteiger charge is -2.41. The second kappa shape index (κ2) is 2.74. The molecule has 2 saturated carbocycles. The molecule has 3 atom stereocenters. The highest BCUT2D eigenvalue weighted by Crippen LogP contribution is 2.63. The van der Waals surface area contributed by atoms with Gasteiger partial charge in [-0.1, -0.05) is 20.8 Å². The van der Waals surface area contributed by atoms with E-state index in [1.54, 1.807) is 0 Å². The van der Waals surface area contributed by atoms with Crippen molar-refractivity contribution in [3.05, 3.63) is 0 Å². The summed E-state index contributed by atoms with van der Waals surface area (Å²) in [5.74, 6) is 0.619. The number of carbonyl (C=O) groups excluding carboxylic acids is 1.